The molecule has 0 aliphatic heterocycles. The Bertz CT molecular complexity index is 1470. The van der Waals surface area contributed by atoms with E-state index in [0.29, 0.717) is 6.07 Å². The van der Waals surface area contributed by atoms with Gasteiger partial charge in [0.1, 0.15) is 16.5 Å². The average Bonchev–Trinajstić information content (AvgIpc) is 2.83. The van der Waals surface area contributed by atoms with Crippen molar-refractivity contribution in [1.82, 2.24) is 0 Å². The van der Waals surface area contributed by atoms with E-state index in [1.807, 2.05) is 0 Å². The number of nitrogens with one attached hydrogen (secondary N) is 1. The lowest BCUT2D eigenvalue weighted by Gasteiger charge is -2.12. The summed E-state index contributed by atoms with van der Waals surface area (Å²) in [5.74, 6) is -1.19. The van der Waals surface area contributed by atoms with Crippen LogP contribution in [0.5, 0.6) is 11.5 Å². The molecule has 3 aromatic carbocycles. The highest BCUT2D eigenvalue weighted by atomic mass is 35.5. The fraction of sp³-hybridized carbons (Fsp3) is 0.0833. The maximum absolute atomic E-state index is 13.0. The van der Waals surface area contributed by atoms with Gasteiger partial charge in [-0.05, 0) is 54.1 Å². The standard InChI is InChI=1S/C24H16ClF3N2O5S/c1-34-21-10-7-15(12-22(21)35-36(32,33)18-5-3-2-4-6-18)11-16(14-29)23(31)30-20-13-17(24(26,27)28)8-9-19(20)25/h2-13H,1H3,(H,30,31). The lowest BCUT2D eigenvalue weighted by Crippen LogP contribution is -2.15. The fourth-order valence-corrected chi connectivity index (χ4v) is 4.02. The molecule has 1 amide bonds. The van der Waals surface area contributed by atoms with Crippen molar-refractivity contribution >= 4 is 39.4 Å². The summed E-state index contributed by atoms with van der Waals surface area (Å²) in [7, 11) is -2.93. The van der Waals surface area contributed by atoms with Crippen LogP contribution in [0.25, 0.3) is 6.08 Å². The van der Waals surface area contributed by atoms with Gasteiger partial charge in [-0.3, -0.25) is 4.79 Å². The number of amides is 1. The third kappa shape index (κ3) is 6.35. The van der Waals surface area contributed by atoms with E-state index < -0.39 is 33.3 Å². The molecule has 0 saturated carbocycles. The number of rotatable bonds is 7. The van der Waals surface area contributed by atoms with Crippen LogP contribution in [-0.4, -0.2) is 21.4 Å². The Morgan fingerprint density at radius 2 is 1.75 bits per heavy atom. The molecule has 0 aromatic heterocycles. The Morgan fingerprint density at radius 1 is 1.06 bits per heavy atom. The van der Waals surface area contributed by atoms with E-state index in [1.54, 1.807) is 12.1 Å². The maximum atomic E-state index is 13.0. The van der Waals surface area contributed by atoms with Crippen molar-refractivity contribution in [1.29, 1.82) is 5.26 Å². The lowest BCUT2D eigenvalue weighted by atomic mass is 10.1. The Kier molecular flexibility index (Phi) is 7.92. The van der Waals surface area contributed by atoms with E-state index >= 15 is 0 Å². The second-order valence-corrected chi connectivity index (χ2v) is 9.03. The van der Waals surface area contributed by atoms with Crippen molar-refractivity contribution in [3.63, 3.8) is 0 Å². The predicted octanol–water partition coefficient (Wildman–Crippen LogP) is 5.68. The highest BCUT2D eigenvalue weighted by Crippen LogP contribution is 2.34. The van der Waals surface area contributed by atoms with Crippen LogP contribution in [0.4, 0.5) is 18.9 Å². The molecule has 3 aromatic rings. The molecule has 0 aliphatic rings. The van der Waals surface area contributed by atoms with E-state index in [9.17, 15) is 31.6 Å². The first-order valence-corrected chi connectivity index (χ1v) is 11.7. The Labute approximate surface area is 209 Å². The van der Waals surface area contributed by atoms with Gasteiger partial charge in [0.25, 0.3) is 5.91 Å². The Morgan fingerprint density at radius 3 is 2.36 bits per heavy atom. The normalized spacial score (nSPS) is 11.9. The molecule has 0 heterocycles. The maximum Gasteiger partial charge on any atom is 0.416 e. The van der Waals surface area contributed by atoms with Crippen LogP contribution in [0.15, 0.2) is 77.2 Å². The summed E-state index contributed by atoms with van der Waals surface area (Å²) in [5.41, 5.74) is -1.70. The zero-order chi connectivity index (χ0) is 26.5. The highest BCUT2D eigenvalue weighted by molar-refractivity contribution is 7.87. The molecular formula is C24H16ClF3N2O5S. The van der Waals surface area contributed by atoms with Gasteiger partial charge >= 0.3 is 16.3 Å². The number of methoxy groups -OCH3 is 1. The number of carbonyl (C=O) groups is 1. The SMILES string of the molecule is COc1ccc(C=C(C#N)C(=O)Nc2cc(C(F)(F)F)ccc2Cl)cc1OS(=O)(=O)c1ccccc1. The van der Waals surface area contributed by atoms with Crippen LogP contribution in [-0.2, 0) is 21.1 Å². The van der Waals surface area contributed by atoms with Crippen LogP contribution in [0.1, 0.15) is 11.1 Å². The van der Waals surface area contributed by atoms with Crippen molar-refractivity contribution in [2.45, 2.75) is 11.1 Å². The van der Waals surface area contributed by atoms with E-state index in [1.165, 1.54) is 49.6 Å². The molecule has 0 bridgehead atoms. The summed E-state index contributed by atoms with van der Waals surface area (Å²) in [6.45, 7) is 0. The van der Waals surface area contributed by atoms with Crippen molar-refractivity contribution in [2.75, 3.05) is 12.4 Å². The number of hydrogen-bond donors (Lipinski definition) is 1. The van der Waals surface area contributed by atoms with Crippen molar-refractivity contribution in [3.05, 3.63) is 88.5 Å². The van der Waals surface area contributed by atoms with Gasteiger partial charge in [0.05, 0.1) is 23.4 Å². The predicted molar refractivity (Wildman–Crippen MR) is 126 cm³/mol. The number of anilines is 1. The molecule has 0 saturated heterocycles. The number of ether oxygens (including phenoxy) is 1. The molecule has 3 rings (SSSR count). The first-order valence-electron chi connectivity index (χ1n) is 9.92. The van der Waals surface area contributed by atoms with Gasteiger partial charge < -0.3 is 14.2 Å². The molecule has 0 unspecified atom stereocenters. The number of nitriles is 1. The van der Waals surface area contributed by atoms with Crippen molar-refractivity contribution < 1.29 is 35.3 Å². The molecule has 0 aliphatic carbocycles. The zero-order valence-electron chi connectivity index (χ0n) is 18.3. The highest BCUT2D eigenvalue weighted by Gasteiger charge is 2.31. The molecule has 0 fully saturated rings. The first-order chi connectivity index (χ1) is 16.9. The first kappa shape index (κ1) is 26.6. The molecule has 0 radical (unpaired) electrons. The van der Waals surface area contributed by atoms with E-state index in [0.717, 1.165) is 18.2 Å². The number of nitrogens with zero attached hydrogens (tertiary/aromatic N) is 1. The topological polar surface area (TPSA) is 105 Å². The number of carbonyl (C=O) groups excluding carboxylic acids is 1. The number of benzene rings is 3. The molecule has 12 heteroatoms. The molecule has 0 spiro atoms. The van der Waals surface area contributed by atoms with E-state index in [2.05, 4.69) is 5.32 Å². The Balaban J connectivity index is 1.91. The lowest BCUT2D eigenvalue weighted by molar-refractivity contribution is -0.137. The molecular weight excluding hydrogens is 521 g/mol. The monoisotopic (exact) mass is 536 g/mol. The van der Waals surface area contributed by atoms with Crippen molar-refractivity contribution in [2.24, 2.45) is 0 Å². The van der Waals surface area contributed by atoms with Crippen LogP contribution >= 0.6 is 11.6 Å². The third-order valence-electron chi connectivity index (χ3n) is 4.64. The van der Waals surface area contributed by atoms with E-state index in [4.69, 9.17) is 20.5 Å². The zero-order valence-corrected chi connectivity index (χ0v) is 19.9. The molecule has 0 atom stereocenters. The minimum atomic E-state index is -4.67. The number of alkyl halides is 3. The summed E-state index contributed by atoms with van der Waals surface area (Å²) in [5, 5.41) is 11.5. The number of hydrogen-bond acceptors (Lipinski definition) is 6. The van der Waals surface area contributed by atoms with Crippen molar-refractivity contribution in [3.8, 4) is 17.6 Å². The van der Waals surface area contributed by atoms with Gasteiger partial charge in [-0.2, -0.15) is 26.9 Å². The van der Waals surface area contributed by atoms with Gasteiger partial charge in [0.15, 0.2) is 11.5 Å². The van der Waals surface area contributed by atoms with Gasteiger partial charge in [-0.15, -0.1) is 0 Å². The van der Waals surface area contributed by atoms with E-state index in [-0.39, 0.29) is 32.7 Å². The fourth-order valence-electron chi connectivity index (χ4n) is 2.90. The smallest absolute Gasteiger partial charge is 0.416 e. The molecule has 36 heavy (non-hydrogen) atoms. The summed E-state index contributed by atoms with van der Waals surface area (Å²) < 4.78 is 74.5. The van der Waals surface area contributed by atoms with Gasteiger partial charge in [0, 0.05) is 0 Å². The largest absolute Gasteiger partial charge is 0.493 e. The van der Waals surface area contributed by atoms with Gasteiger partial charge in [0.2, 0.25) is 0 Å². The third-order valence-corrected chi connectivity index (χ3v) is 6.22. The minimum absolute atomic E-state index is 0.0605. The van der Waals surface area contributed by atoms with Crippen LogP contribution < -0.4 is 14.2 Å². The second kappa shape index (κ2) is 10.7. The summed E-state index contributed by atoms with van der Waals surface area (Å²) in [6, 6.07) is 15.3. The van der Waals surface area contributed by atoms with Crippen LogP contribution in [0.2, 0.25) is 5.02 Å². The summed E-state index contributed by atoms with van der Waals surface area (Å²) in [6.07, 6.45) is -3.57. The second-order valence-electron chi connectivity index (χ2n) is 7.08. The molecule has 1 N–H and O–H groups in total. The summed E-state index contributed by atoms with van der Waals surface area (Å²) >= 11 is 5.89. The minimum Gasteiger partial charge on any atom is -0.493 e. The molecule has 186 valence electrons. The molecule has 7 nitrogen and oxygen atoms in total. The van der Waals surface area contributed by atoms with Gasteiger partial charge in [-0.25, -0.2) is 0 Å². The summed E-state index contributed by atoms with van der Waals surface area (Å²) in [4.78, 5) is 12.5. The quantitative estimate of drug-likeness (QED) is 0.236. The van der Waals surface area contributed by atoms with Crippen LogP contribution in [0.3, 0.4) is 0 Å². The van der Waals surface area contributed by atoms with Gasteiger partial charge in [-0.1, -0.05) is 35.9 Å². The Hall–Kier alpha value is -4.01. The number of halogens is 4. The average molecular weight is 537 g/mol. The van der Waals surface area contributed by atoms with Crippen LogP contribution in [0, 0.1) is 11.3 Å².